The standard InChI is InChI=1S/C20H19N3O2/c1-4-15-9-8-10-16(19(15)24)13-21-18-14(2)22(3)23(20(18)25)17-11-6-5-7-12-17/h4-13,24H,1H2,2-3H3. The minimum atomic E-state index is -0.207. The fourth-order valence-corrected chi connectivity index (χ4v) is 2.69. The third-order valence-electron chi connectivity index (χ3n) is 4.17. The minimum absolute atomic E-state index is 0.0956. The van der Waals surface area contributed by atoms with Crippen molar-refractivity contribution >= 4 is 18.0 Å². The zero-order valence-electron chi connectivity index (χ0n) is 14.2. The van der Waals surface area contributed by atoms with Gasteiger partial charge in [0.15, 0.2) is 5.69 Å². The van der Waals surface area contributed by atoms with Gasteiger partial charge in [-0.2, -0.15) is 0 Å². The number of benzene rings is 2. The Morgan fingerprint density at radius 2 is 1.76 bits per heavy atom. The Balaban J connectivity index is 2.08. The molecule has 0 spiro atoms. The average molecular weight is 333 g/mol. The van der Waals surface area contributed by atoms with Crippen molar-refractivity contribution in [3.63, 3.8) is 0 Å². The number of phenols is 1. The summed E-state index contributed by atoms with van der Waals surface area (Å²) in [5, 5.41) is 10.2. The fraction of sp³-hybridized carbons (Fsp3) is 0.100. The second-order valence-electron chi connectivity index (χ2n) is 5.66. The zero-order chi connectivity index (χ0) is 18.0. The number of aliphatic imine (C=N–C) groups is 1. The first-order chi connectivity index (χ1) is 12.0. The van der Waals surface area contributed by atoms with E-state index >= 15 is 0 Å². The van der Waals surface area contributed by atoms with Gasteiger partial charge in [0, 0.05) is 24.4 Å². The second kappa shape index (κ2) is 6.65. The summed E-state index contributed by atoms with van der Waals surface area (Å²) in [5.74, 6) is 0.0956. The van der Waals surface area contributed by atoms with E-state index in [0.717, 1.165) is 11.4 Å². The van der Waals surface area contributed by atoms with Gasteiger partial charge in [-0.3, -0.25) is 9.48 Å². The summed E-state index contributed by atoms with van der Waals surface area (Å²) in [6.07, 6.45) is 3.07. The van der Waals surface area contributed by atoms with Crippen molar-refractivity contribution in [2.45, 2.75) is 6.92 Å². The summed E-state index contributed by atoms with van der Waals surface area (Å²) >= 11 is 0. The Kier molecular flexibility index (Phi) is 4.39. The van der Waals surface area contributed by atoms with Crippen LogP contribution in [0.1, 0.15) is 16.8 Å². The number of aromatic nitrogens is 2. The van der Waals surface area contributed by atoms with Gasteiger partial charge in [0.2, 0.25) is 0 Å². The van der Waals surface area contributed by atoms with E-state index in [4.69, 9.17) is 0 Å². The Hall–Kier alpha value is -3.34. The van der Waals surface area contributed by atoms with Crippen molar-refractivity contribution in [2.75, 3.05) is 0 Å². The van der Waals surface area contributed by atoms with E-state index in [0.29, 0.717) is 16.8 Å². The van der Waals surface area contributed by atoms with Crippen molar-refractivity contribution in [3.8, 4) is 11.4 Å². The molecule has 0 unspecified atom stereocenters. The third-order valence-corrected chi connectivity index (χ3v) is 4.17. The van der Waals surface area contributed by atoms with Crippen molar-refractivity contribution in [2.24, 2.45) is 12.0 Å². The van der Waals surface area contributed by atoms with Gasteiger partial charge in [-0.05, 0) is 25.1 Å². The maximum atomic E-state index is 12.8. The molecular formula is C20H19N3O2. The lowest BCUT2D eigenvalue weighted by Gasteiger charge is -2.07. The van der Waals surface area contributed by atoms with Crippen LogP contribution in [0.2, 0.25) is 0 Å². The summed E-state index contributed by atoms with van der Waals surface area (Å²) < 4.78 is 3.34. The normalized spacial score (nSPS) is 11.1. The number of hydrogen-bond donors (Lipinski definition) is 1. The van der Waals surface area contributed by atoms with Gasteiger partial charge in [0.25, 0.3) is 5.56 Å². The lowest BCUT2D eigenvalue weighted by molar-refractivity contribution is 0.473. The number of nitrogens with zero attached hydrogens (tertiary/aromatic N) is 3. The molecule has 3 rings (SSSR count). The summed E-state index contributed by atoms with van der Waals surface area (Å²) in [6, 6.07) is 14.7. The maximum Gasteiger partial charge on any atom is 0.297 e. The third kappa shape index (κ3) is 2.92. The lowest BCUT2D eigenvalue weighted by atomic mass is 10.1. The van der Waals surface area contributed by atoms with Crippen molar-refractivity contribution < 1.29 is 5.11 Å². The molecule has 0 atom stereocenters. The van der Waals surface area contributed by atoms with E-state index < -0.39 is 0 Å². The number of aromatic hydroxyl groups is 1. The SMILES string of the molecule is C=Cc1cccc(C=Nc2c(C)n(C)n(-c3ccccc3)c2=O)c1O. The van der Waals surface area contributed by atoms with E-state index in [1.807, 2.05) is 44.3 Å². The highest BCUT2D eigenvalue weighted by Crippen LogP contribution is 2.23. The summed E-state index contributed by atoms with van der Waals surface area (Å²) in [4.78, 5) is 17.1. The van der Waals surface area contributed by atoms with Crippen LogP contribution in [0.25, 0.3) is 11.8 Å². The largest absolute Gasteiger partial charge is 0.507 e. The van der Waals surface area contributed by atoms with Crippen LogP contribution in [0.4, 0.5) is 5.69 Å². The van der Waals surface area contributed by atoms with Gasteiger partial charge in [-0.1, -0.05) is 43.0 Å². The molecule has 1 heterocycles. The molecule has 0 aliphatic heterocycles. The van der Waals surface area contributed by atoms with Crippen LogP contribution in [0.15, 0.2) is 64.9 Å². The van der Waals surface area contributed by atoms with Crippen LogP contribution in [0.3, 0.4) is 0 Å². The highest BCUT2D eigenvalue weighted by molar-refractivity contribution is 5.87. The van der Waals surface area contributed by atoms with E-state index in [-0.39, 0.29) is 11.3 Å². The highest BCUT2D eigenvalue weighted by Gasteiger charge is 2.15. The van der Waals surface area contributed by atoms with Crippen LogP contribution >= 0.6 is 0 Å². The molecular weight excluding hydrogens is 314 g/mol. The topological polar surface area (TPSA) is 59.5 Å². The first kappa shape index (κ1) is 16.5. The predicted molar refractivity (Wildman–Crippen MR) is 101 cm³/mol. The summed E-state index contributed by atoms with van der Waals surface area (Å²) in [5.41, 5.74) is 2.80. The van der Waals surface area contributed by atoms with Gasteiger partial charge >= 0.3 is 0 Å². The zero-order valence-corrected chi connectivity index (χ0v) is 14.2. The Morgan fingerprint density at radius 3 is 2.44 bits per heavy atom. The van der Waals surface area contributed by atoms with E-state index in [9.17, 15) is 9.90 Å². The number of para-hydroxylation sites is 2. The molecule has 0 aliphatic carbocycles. The summed E-state index contributed by atoms with van der Waals surface area (Å²) in [7, 11) is 1.82. The van der Waals surface area contributed by atoms with Gasteiger partial charge in [-0.15, -0.1) is 0 Å². The molecule has 0 radical (unpaired) electrons. The molecule has 0 fully saturated rings. The fourth-order valence-electron chi connectivity index (χ4n) is 2.69. The second-order valence-corrected chi connectivity index (χ2v) is 5.66. The molecule has 3 aromatic rings. The quantitative estimate of drug-likeness (QED) is 0.742. The Labute approximate surface area is 145 Å². The monoisotopic (exact) mass is 333 g/mol. The van der Waals surface area contributed by atoms with Gasteiger partial charge in [0.05, 0.1) is 11.4 Å². The molecule has 0 saturated heterocycles. The Morgan fingerprint density at radius 1 is 1.08 bits per heavy atom. The molecule has 25 heavy (non-hydrogen) atoms. The van der Waals surface area contributed by atoms with Crippen LogP contribution < -0.4 is 5.56 Å². The van der Waals surface area contributed by atoms with Crippen molar-refractivity contribution in [1.29, 1.82) is 0 Å². The molecule has 0 saturated carbocycles. The molecule has 0 aliphatic rings. The van der Waals surface area contributed by atoms with E-state index in [2.05, 4.69) is 11.6 Å². The molecule has 0 bridgehead atoms. The number of rotatable bonds is 4. The maximum absolute atomic E-state index is 12.8. The molecule has 1 N–H and O–H groups in total. The summed E-state index contributed by atoms with van der Waals surface area (Å²) in [6.45, 7) is 5.51. The van der Waals surface area contributed by atoms with E-state index in [1.54, 1.807) is 33.6 Å². The van der Waals surface area contributed by atoms with Crippen LogP contribution in [-0.4, -0.2) is 20.7 Å². The minimum Gasteiger partial charge on any atom is -0.507 e. The van der Waals surface area contributed by atoms with Gasteiger partial charge in [-0.25, -0.2) is 9.67 Å². The van der Waals surface area contributed by atoms with Gasteiger partial charge in [0.1, 0.15) is 5.75 Å². The molecule has 1 aromatic heterocycles. The van der Waals surface area contributed by atoms with Crippen molar-refractivity contribution in [3.05, 3.63) is 82.3 Å². The lowest BCUT2D eigenvalue weighted by Crippen LogP contribution is -2.19. The van der Waals surface area contributed by atoms with Crippen LogP contribution in [-0.2, 0) is 7.05 Å². The van der Waals surface area contributed by atoms with Crippen molar-refractivity contribution in [1.82, 2.24) is 9.36 Å². The number of phenolic OH excluding ortho intramolecular Hbond substituents is 1. The van der Waals surface area contributed by atoms with Gasteiger partial charge < -0.3 is 5.11 Å². The molecule has 2 aromatic carbocycles. The smallest absolute Gasteiger partial charge is 0.297 e. The first-order valence-corrected chi connectivity index (χ1v) is 7.87. The highest BCUT2D eigenvalue weighted by atomic mass is 16.3. The van der Waals surface area contributed by atoms with Crippen LogP contribution in [0, 0.1) is 6.92 Å². The van der Waals surface area contributed by atoms with E-state index in [1.165, 1.54) is 6.21 Å². The molecule has 5 nitrogen and oxygen atoms in total. The molecule has 126 valence electrons. The Bertz CT molecular complexity index is 1010. The first-order valence-electron chi connectivity index (χ1n) is 7.87. The van der Waals surface area contributed by atoms with Crippen LogP contribution in [0.5, 0.6) is 5.75 Å². The number of hydrogen-bond acceptors (Lipinski definition) is 3. The predicted octanol–water partition coefficient (Wildman–Crippen LogP) is 3.58. The average Bonchev–Trinajstić information content (AvgIpc) is 2.84. The molecule has 0 amide bonds. The molecule has 5 heteroatoms.